The predicted molar refractivity (Wildman–Crippen MR) is 71.0 cm³/mol. The molecule has 0 aliphatic heterocycles. The quantitative estimate of drug-likeness (QED) is 0.750. The fourth-order valence-corrected chi connectivity index (χ4v) is 3.21. The molecule has 0 aliphatic rings. The van der Waals surface area contributed by atoms with Crippen LogP contribution >= 0.6 is 0 Å². The van der Waals surface area contributed by atoms with Crippen molar-refractivity contribution in [3.63, 3.8) is 0 Å². The highest BCUT2D eigenvalue weighted by atomic mass is 32.2. The molecule has 0 fully saturated rings. The third-order valence-corrected chi connectivity index (χ3v) is 4.40. The first-order chi connectivity index (χ1) is 9.11. The largest absolute Gasteiger partial charge is 0.246 e. The van der Waals surface area contributed by atoms with Crippen molar-refractivity contribution < 1.29 is 13.0 Å². The van der Waals surface area contributed by atoms with E-state index in [1.54, 1.807) is 12.1 Å². The Morgan fingerprint density at radius 3 is 2.53 bits per heavy atom. The lowest BCUT2D eigenvalue weighted by Crippen LogP contribution is -2.31. The lowest BCUT2D eigenvalue weighted by atomic mass is 10.3. The van der Waals surface area contributed by atoms with E-state index in [-0.39, 0.29) is 23.5 Å². The van der Waals surface area contributed by atoms with Gasteiger partial charge in [-0.05, 0) is 22.4 Å². The SMILES string of the molecule is C=CCN(CC=C)S(=O)(=O)c1cccc2nonc12. The second-order valence-corrected chi connectivity index (χ2v) is 5.69. The van der Waals surface area contributed by atoms with Crippen LogP contribution in [0.5, 0.6) is 0 Å². The molecule has 0 bridgehead atoms. The highest BCUT2D eigenvalue weighted by Gasteiger charge is 2.26. The Morgan fingerprint density at radius 1 is 1.21 bits per heavy atom. The van der Waals surface area contributed by atoms with E-state index in [9.17, 15) is 8.42 Å². The van der Waals surface area contributed by atoms with E-state index in [0.29, 0.717) is 5.52 Å². The molecule has 0 saturated heterocycles. The number of rotatable bonds is 6. The van der Waals surface area contributed by atoms with Gasteiger partial charge in [0.15, 0.2) is 5.52 Å². The van der Waals surface area contributed by atoms with Gasteiger partial charge in [-0.2, -0.15) is 4.31 Å². The van der Waals surface area contributed by atoms with Gasteiger partial charge in [0, 0.05) is 13.1 Å². The molecule has 1 heterocycles. The van der Waals surface area contributed by atoms with E-state index >= 15 is 0 Å². The van der Waals surface area contributed by atoms with E-state index in [4.69, 9.17) is 0 Å². The van der Waals surface area contributed by atoms with Gasteiger partial charge in [-0.25, -0.2) is 13.0 Å². The topological polar surface area (TPSA) is 76.3 Å². The number of fused-ring (bicyclic) bond motifs is 1. The molecule has 0 N–H and O–H groups in total. The van der Waals surface area contributed by atoms with Crippen molar-refractivity contribution in [3.05, 3.63) is 43.5 Å². The molecule has 7 heteroatoms. The summed E-state index contributed by atoms with van der Waals surface area (Å²) in [5.41, 5.74) is 0.624. The summed E-state index contributed by atoms with van der Waals surface area (Å²) in [6, 6.07) is 4.71. The Morgan fingerprint density at radius 2 is 1.89 bits per heavy atom. The zero-order valence-corrected chi connectivity index (χ0v) is 11.0. The molecule has 0 amide bonds. The van der Waals surface area contributed by atoms with E-state index in [0.717, 1.165) is 0 Å². The van der Waals surface area contributed by atoms with Gasteiger partial charge in [-0.1, -0.05) is 18.2 Å². The predicted octanol–water partition coefficient (Wildman–Crippen LogP) is 1.59. The molecular formula is C12H13N3O3S. The number of sulfonamides is 1. The minimum absolute atomic E-state index is 0.0648. The summed E-state index contributed by atoms with van der Waals surface area (Å²) in [6.07, 6.45) is 3.03. The molecule has 1 aromatic heterocycles. The van der Waals surface area contributed by atoms with Gasteiger partial charge in [0.05, 0.1) is 0 Å². The summed E-state index contributed by atoms with van der Waals surface area (Å²) in [6.45, 7) is 7.49. The van der Waals surface area contributed by atoms with Crippen LogP contribution in [-0.4, -0.2) is 36.1 Å². The summed E-state index contributed by atoms with van der Waals surface area (Å²) in [5.74, 6) is 0. The molecule has 1 aromatic carbocycles. The Balaban J connectivity index is 2.56. The van der Waals surface area contributed by atoms with Crippen LogP contribution in [0.2, 0.25) is 0 Å². The summed E-state index contributed by atoms with van der Waals surface area (Å²) in [5, 5.41) is 7.28. The number of benzene rings is 1. The lowest BCUT2D eigenvalue weighted by molar-refractivity contribution is 0.315. The Bertz CT molecular complexity index is 696. The normalized spacial score (nSPS) is 11.8. The summed E-state index contributed by atoms with van der Waals surface area (Å²) in [4.78, 5) is 0.0648. The van der Waals surface area contributed by atoms with Gasteiger partial charge in [0.25, 0.3) is 0 Å². The zero-order valence-electron chi connectivity index (χ0n) is 10.2. The van der Waals surface area contributed by atoms with Crippen LogP contribution in [-0.2, 0) is 10.0 Å². The van der Waals surface area contributed by atoms with E-state index in [1.807, 2.05) is 0 Å². The first kappa shape index (κ1) is 13.4. The maximum atomic E-state index is 12.5. The fourth-order valence-electron chi connectivity index (χ4n) is 1.69. The van der Waals surface area contributed by atoms with Crippen molar-refractivity contribution in [3.8, 4) is 0 Å². The van der Waals surface area contributed by atoms with E-state index in [2.05, 4.69) is 28.1 Å². The van der Waals surface area contributed by atoms with Gasteiger partial charge in [-0.15, -0.1) is 13.2 Å². The van der Waals surface area contributed by atoms with Gasteiger partial charge in [-0.3, -0.25) is 0 Å². The van der Waals surface area contributed by atoms with E-state index in [1.165, 1.54) is 22.5 Å². The minimum atomic E-state index is -3.69. The van der Waals surface area contributed by atoms with Crippen LogP contribution in [0.1, 0.15) is 0 Å². The van der Waals surface area contributed by atoms with Crippen LogP contribution in [0, 0.1) is 0 Å². The Kier molecular flexibility index (Phi) is 3.77. The average Bonchev–Trinajstić information content (AvgIpc) is 2.86. The van der Waals surface area contributed by atoms with Crippen molar-refractivity contribution in [2.75, 3.05) is 13.1 Å². The molecular weight excluding hydrogens is 266 g/mol. The molecule has 0 unspecified atom stereocenters. The van der Waals surface area contributed by atoms with Gasteiger partial charge >= 0.3 is 0 Å². The van der Waals surface area contributed by atoms with Crippen molar-refractivity contribution in [1.29, 1.82) is 0 Å². The molecule has 2 aromatic rings. The average molecular weight is 279 g/mol. The molecule has 19 heavy (non-hydrogen) atoms. The second-order valence-electron chi connectivity index (χ2n) is 3.79. The first-order valence-electron chi connectivity index (χ1n) is 5.54. The Labute approximate surface area is 111 Å². The summed E-state index contributed by atoms with van der Waals surface area (Å²) in [7, 11) is -3.69. The maximum absolute atomic E-state index is 12.5. The smallest absolute Gasteiger partial charge is 0.243 e. The van der Waals surface area contributed by atoms with Gasteiger partial charge in [0.2, 0.25) is 10.0 Å². The van der Waals surface area contributed by atoms with Crippen molar-refractivity contribution in [2.45, 2.75) is 4.90 Å². The van der Waals surface area contributed by atoms with Crippen LogP contribution in [0.4, 0.5) is 0 Å². The molecule has 0 radical (unpaired) electrons. The molecule has 2 rings (SSSR count). The monoisotopic (exact) mass is 279 g/mol. The van der Waals surface area contributed by atoms with Gasteiger partial charge < -0.3 is 0 Å². The third kappa shape index (κ3) is 2.42. The fraction of sp³-hybridized carbons (Fsp3) is 0.167. The van der Waals surface area contributed by atoms with Crippen molar-refractivity contribution in [1.82, 2.24) is 14.6 Å². The lowest BCUT2D eigenvalue weighted by Gasteiger charge is -2.18. The van der Waals surface area contributed by atoms with Crippen molar-refractivity contribution in [2.24, 2.45) is 0 Å². The molecule has 0 spiro atoms. The molecule has 6 nitrogen and oxygen atoms in total. The zero-order chi connectivity index (χ0) is 13.9. The summed E-state index contributed by atoms with van der Waals surface area (Å²) < 4.78 is 30.9. The number of hydrogen-bond donors (Lipinski definition) is 0. The summed E-state index contributed by atoms with van der Waals surface area (Å²) >= 11 is 0. The van der Waals surface area contributed by atoms with Crippen LogP contribution in [0.15, 0.2) is 53.0 Å². The molecule has 0 atom stereocenters. The maximum Gasteiger partial charge on any atom is 0.246 e. The molecule has 0 aliphatic carbocycles. The second kappa shape index (κ2) is 5.33. The number of hydrogen-bond acceptors (Lipinski definition) is 5. The molecule has 0 saturated carbocycles. The number of aromatic nitrogens is 2. The third-order valence-electron chi connectivity index (χ3n) is 2.53. The van der Waals surface area contributed by atoms with E-state index < -0.39 is 10.0 Å². The minimum Gasteiger partial charge on any atom is -0.243 e. The van der Waals surface area contributed by atoms with Crippen LogP contribution < -0.4 is 0 Å². The van der Waals surface area contributed by atoms with Crippen LogP contribution in [0.25, 0.3) is 11.0 Å². The van der Waals surface area contributed by atoms with Crippen molar-refractivity contribution >= 4 is 21.1 Å². The standard InChI is InChI=1S/C12H13N3O3S/c1-3-8-15(9-4-2)19(16,17)11-7-5-6-10-12(11)14-18-13-10/h3-7H,1-2,8-9H2. The van der Waals surface area contributed by atoms with Gasteiger partial charge in [0.1, 0.15) is 10.4 Å². The highest BCUT2D eigenvalue weighted by molar-refractivity contribution is 7.89. The Hall–Kier alpha value is -1.99. The molecule has 100 valence electrons. The number of nitrogens with zero attached hydrogens (tertiary/aromatic N) is 3. The van der Waals surface area contributed by atoms with Crippen LogP contribution in [0.3, 0.4) is 0 Å². The first-order valence-corrected chi connectivity index (χ1v) is 6.98. The highest BCUT2D eigenvalue weighted by Crippen LogP contribution is 2.23.